The highest BCUT2D eigenvalue weighted by Gasteiger charge is 2.33. The number of benzene rings is 1. The maximum atomic E-state index is 12.7. The molecule has 2 N–H and O–H groups in total. The molecule has 0 saturated carbocycles. The first kappa shape index (κ1) is 15.7. The minimum absolute atomic E-state index is 0.273. The van der Waals surface area contributed by atoms with Gasteiger partial charge in [-0.3, -0.25) is 0 Å². The molecule has 0 saturated heterocycles. The Bertz CT molecular complexity index is 572. The quantitative estimate of drug-likeness (QED) is 0.682. The molecule has 1 rings (SSSR count). The highest BCUT2D eigenvalue weighted by molar-refractivity contribution is 7.89. The minimum atomic E-state index is -3.56. The average Bonchev–Trinajstić information content (AvgIpc) is 2.23. The topological polar surface area (TPSA) is 63.4 Å². The van der Waals surface area contributed by atoms with E-state index >= 15 is 0 Å². The molecule has 1 aromatic rings. The van der Waals surface area contributed by atoms with Crippen molar-refractivity contribution in [3.63, 3.8) is 0 Å². The molecule has 0 spiro atoms. The fourth-order valence-corrected chi connectivity index (χ4v) is 3.90. The number of rotatable bonds is 4. The molecule has 0 heterocycles. The van der Waals surface area contributed by atoms with E-state index in [9.17, 15) is 8.42 Å². The number of hydrogen-bond acceptors (Lipinski definition) is 3. The highest BCUT2D eigenvalue weighted by atomic mass is 32.2. The largest absolute Gasteiger partial charge is 0.399 e. The number of aryl methyl sites for hydroxylation is 1. The summed E-state index contributed by atoms with van der Waals surface area (Å²) in [5, 5.41) is 0. The second-order valence-electron chi connectivity index (χ2n) is 5.52. The summed E-state index contributed by atoms with van der Waals surface area (Å²) in [6.07, 6.45) is 1.59. The van der Waals surface area contributed by atoms with Gasteiger partial charge in [-0.15, -0.1) is 6.58 Å². The van der Waals surface area contributed by atoms with E-state index in [1.165, 1.54) is 4.31 Å². The van der Waals surface area contributed by atoms with Crippen LogP contribution in [0.4, 0.5) is 5.69 Å². The molecule has 4 nitrogen and oxygen atoms in total. The van der Waals surface area contributed by atoms with Crippen LogP contribution in [0.5, 0.6) is 0 Å². The van der Waals surface area contributed by atoms with E-state index in [-0.39, 0.29) is 6.54 Å². The van der Waals surface area contributed by atoms with Gasteiger partial charge in [0.1, 0.15) is 0 Å². The maximum absolute atomic E-state index is 12.7. The Kier molecular flexibility index (Phi) is 4.43. The number of nitrogens with two attached hydrogens (primary N) is 1. The third-order valence-corrected chi connectivity index (χ3v) is 5.10. The summed E-state index contributed by atoms with van der Waals surface area (Å²) >= 11 is 0. The second kappa shape index (κ2) is 5.35. The van der Waals surface area contributed by atoms with Gasteiger partial charge in [-0.1, -0.05) is 6.08 Å². The first-order chi connectivity index (χ1) is 8.60. The fourth-order valence-electron chi connectivity index (χ4n) is 1.93. The van der Waals surface area contributed by atoms with Gasteiger partial charge in [0.25, 0.3) is 0 Å². The molecule has 0 fully saturated rings. The molecule has 0 aliphatic carbocycles. The van der Waals surface area contributed by atoms with Crippen LogP contribution in [0.15, 0.2) is 35.7 Å². The molecule has 0 aliphatic heterocycles. The van der Waals surface area contributed by atoms with Crippen molar-refractivity contribution in [1.29, 1.82) is 0 Å². The third kappa shape index (κ3) is 3.36. The average molecular weight is 282 g/mol. The van der Waals surface area contributed by atoms with Gasteiger partial charge in [-0.25, -0.2) is 8.42 Å². The molecule has 0 aliphatic rings. The van der Waals surface area contributed by atoms with Crippen molar-refractivity contribution in [2.24, 2.45) is 0 Å². The normalized spacial score (nSPS) is 12.7. The summed E-state index contributed by atoms with van der Waals surface area (Å²) in [6, 6.07) is 4.83. The van der Waals surface area contributed by atoms with E-state index in [0.717, 1.165) is 0 Å². The summed E-state index contributed by atoms with van der Waals surface area (Å²) < 4.78 is 26.9. The zero-order valence-corrected chi connectivity index (χ0v) is 12.8. The van der Waals surface area contributed by atoms with Crippen LogP contribution >= 0.6 is 0 Å². The molecule has 0 bridgehead atoms. The molecule has 19 heavy (non-hydrogen) atoms. The predicted molar refractivity (Wildman–Crippen MR) is 79.4 cm³/mol. The molecular weight excluding hydrogens is 260 g/mol. The second-order valence-corrected chi connectivity index (χ2v) is 7.35. The highest BCUT2D eigenvalue weighted by Crippen LogP contribution is 2.27. The zero-order chi connectivity index (χ0) is 14.8. The Morgan fingerprint density at radius 2 is 1.95 bits per heavy atom. The summed E-state index contributed by atoms with van der Waals surface area (Å²) in [4.78, 5) is 0.290. The molecular formula is C14H22N2O2S. The van der Waals surface area contributed by atoms with E-state index in [0.29, 0.717) is 16.1 Å². The van der Waals surface area contributed by atoms with Crippen LogP contribution in [0.25, 0.3) is 0 Å². The number of sulfonamides is 1. The number of nitrogen functional groups attached to an aromatic ring is 1. The van der Waals surface area contributed by atoms with Crippen LogP contribution in [-0.2, 0) is 10.0 Å². The van der Waals surface area contributed by atoms with Crippen LogP contribution in [0, 0.1) is 6.92 Å². The Morgan fingerprint density at radius 3 is 2.37 bits per heavy atom. The summed E-state index contributed by atoms with van der Waals surface area (Å²) in [7, 11) is -3.56. The molecule has 1 aromatic carbocycles. The van der Waals surface area contributed by atoms with Crippen molar-refractivity contribution >= 4 is 15.7 Å². The number of nitrogens with zero attached hydrogens (tertiary/aromatic N) is 1. The molecule has 0 amide bonds. The van der Waals surface area contributed by atoms with E-state index in [1.54, 1.807) is 31.2 Å². The van der Waals surface area contributed by atoms with Crippen LogP contribution < -0.4 is 5.73 Å². The predicted octanol–water partition coefficient (Wildman–Crippen LogP) is 2.55. The molecule has 106 valence electrons. The van der Waals surface area contributed by atoms with Crippen LogP contribution in [0.3, 0.4) is 0 Å². The minimum Gasteiger partial charge on any atom is -0.399 e. The maximum Gasteiger partial charge on any atom is 0.244 e. The lowest BCUT2D eigenvalue weighted by atomic mass is 10.1. The standard InChI is InChI=1S/C14H22N2O2S/c1-6-9-16(14(3,4)5)19(17,18)13-8-7-12(15)10-11(13)2/h6-8,10H,1,9,15H2,2-5H3. The van der Waals surface area contributed by atoms with E-state index in [2.05, 4.69) is 6.58 Å². The molecule has 0 aromatic heterocycles. The van der Waals surface area contributed by atoms with Crippen LogP contribution in [-0.4, -0.2) is 24.8 Å². The molecule has 0 unspecified atom stereocenters. The van der Waals surface area contributed by atoms with Crippen molar-refractivity contribution in [2.45, 2.75) is 38.1 Å². The Balaban J connectivity index is 3.39. The van der Waals surface area contributed by atoms with Crippen molar-refractivity contribution in [3.05, 3.63) is 36.4 Å². The Labute approximate surface area is 116 Å². The summed E-state index contributed by atoms with van der Waals surface area (Å²) in [6.45, 7) is 11.2. The first-order valence-corrected chi connectivity index (χ1v) is 7.54. The van der Waals surface area contributed by atoms with Gasteiger partial charge >= 0.3 is 0 Å². The van der Waals surface area contributed by atoms with Gasteiger partial charge in [0.15, 0.2) is 0 Å². The van der Waals surface area contributed by atoms with Gasteiger partial charge < -0.3 is 5.73 Å². The zero-order valence-electron chi connectivity index (χ0n) is 12.0. The summed E-state index contributed by atoms with van der Waals surface area (Å²) in [5.41, 5.74) is 6.36. The number of hydrogen-bond donors (Lipinski definition) is 1. The van der Waals surface area contributed by atoms with E-state index in [4.69, 9.17) is 5.73 Å². The van der Waals surface area contributed by atoms with Crippen LogP contribution in [0.1, 0.15) is 26.3 Å². The van der Waals surface area contributed by atoms with Gasteiger partial charge in [0.05, 0.1) is 4.90 Å². The SMILES string of the molecule is C=CCN(C(C)(C)C)S(=O)(=O)c1ccc(N)cc1C. The van der Waals surface area contributed by atoms with Gasteiger partial charge in [0, 0.05) is 17.8 Å². The molecule has 0 radical (unpaired) electrons. The lowest BCUT2D eigenvalue weighted by molar-refractivity contribution is 0.270. The third-order valence-electron chi connectivity index (χ3n) is 2.81. The first-order valence-electron chi connectivity index (χ1n) is 6.10. The lowest BCUT2D eigenvalue weighted by Gasteiger charge is -2.34. The summed E-state index contributed by atoms with van der Waals surface area (Å²) in [5.74, 6) is 0. The van der Waals surface area contributed by atoms with E-state index < -0.39 is 15.6 Å². The lowest BCUT2D eigenvalue weighted by Crippen LogP contribution is -2.45. The van der Waals surface area contributed by atoms with Gasteiger partial charge in [-0.05, 0) is 51.5 Å². The van der Waals surface area contributed by atoms with Gasteiger partial charge in [0.2, 0.25) is 10.0 Å². The molecule has 0 atom stereocenters. The van der Waals surface area contributed by atoms with Crippen molar-refractivity contribution < 1.29 is 8.42 Å². The van der Waals surface area contributed by atoms with E-state index in [1.807, 2.05) is 20.8 Å². The number of anilines is 1. The van der Waals surface area contributed by atoms with Crippen molar-refractivity contribution in [2.75, 3.05) is 12.3 Å². The Morgan fingerprint density at radius 1 is 1.37 bits per heavy atom. The van der Waals surface area contributed by atoms with Crippen LogP contribution in [0.2, 0.25) is 0 Å². The van der Waals surface area contributed by atoms with Gasteiger partial charge in [-0.2, -0.15) is 4.31 Å². The Hall–Kier alpha value is -1.33. The fraction of sp³-hybridized carbons (Fsp3) is 0.429. The van der Waals surface area contributed by atoms with Crippen molar-refractivity contribution in [3.8, 4) is 0 Å². The smallest absolute Gasteiger partial charge is 0.244 e. The monoisotopic (exact) mass is 282 g/mol. The van der Waals surface area contributed by atoms with Crippen molar-refractivity contribution in [1.82, 2.24) is 4.31 Å². The molecule has 5 heteroatoms.